The van der Waals surface area contributed by atoms with Gasteiger partial charge in [0.25, 0.3) is 0 Å². The van der Waals surface area contributed by atoms with Gasteiger partial charge in [0.1, 0.15) is 12.4 Å². The van der Waals surface area contributed by atoms with Crippen molar-refractivity contribution in [3.63, 3.8) is 0 Å². The topological polar surface area (TPSA) is 69.4 Å². The Bertz CT molecular complexity index is 568. The largest absolute Gasteiger partial charge is 0.493 e. The van der Waals surface area contributed by atoms with Gasteiger partial charge in [-0.05, 0) is 30.7 Å². The van der Waals surface area contributed by atoms with Crippen molar-refractivity contribution in [2.24, 2.45) is 5.73 Å². The van der Waals surface area contributed by atoms with E-state index in [0.29, 0.717) is 12.3 Å². The molecule has 0 bridgehead atoms. The molecule has 0 atom stereocenters. The summed E-state index contributed by atoms with van der Waals surface area (Å²) in [6.07, 6.45) is 1.19. The first-order valence-electron chi connectivity index (χ1n) is 5.52. The molecule has 0 heterocycles. The van der Waals surface area contributed by atoms with Gasteiger partial charge in [-0.15, -0.1) is 0 Å². The molecule has 2 N–H and O–H groups in total. The highest BCUT2D eigenvalue weighted by molar-refractivity contribution is 7.90. The summed E-state index contributed by atoms with van der Waals surface area (Å²) >= 11 is 0. The van der Waals surface area contributed by atoms with E-state index in [9.17, 15) is 8.42 Å². The van der Waals surface area contributed by atoms with Crippen LogP contribution in [0.15, 0.2) is 18.2 Å². The van der Waals surface area contributed by atoms with Crippen molar-refractivity contribution in [3.05, 3.63) is 29.3 Å². The van der Waals surface area contributed by atoms with Gasteiger partial charge in [-0.2, -0.15) is 0 Å². The van der Waals surface area contributed by atoms with E-state index in [2.05, 4.69) is 11.8 Å². The fraction of sp³-hybridized carbons (Fsp3) is 0.385. The second-order valence-electron chi connectivity index (χ2n) is 3.96. The third-order valence-electron chi connectivity index (χ3n) is 2.25. The highest BCUT2D eigenvalue weighted by atomic mass is 32.2. The number of hydrogen-bond donors (Lipinski definition) is 1. The van der Waals surface area contributed by atoms with Gasteiger partial charge in [0.2, 0.25) is 0 Å². The lowest BCUT2D eigenvalue weighted by atomic mass is 10.1. The number of ether oxygens (including phenoxy) is 1. The molecular weight excluding hydrogens is 250 g/mol. The van der Waals surface area contributed by atoms with E-state index < -0.39 is 9.84 Å². The second-order valence-corrected chi connectivity index (χ2v) is 6.22. The monoisotopic (exact) mass is 267 g/mol. The molecule has 0 aliphatic heterocycles. The molecule has 1 aromatic carbocycles. The van der Waals surface area contributed by atoms with Crippen molar-refractivity contribution in [3.8, 4) is 17.6 Å². The third kappa shape index (κ3) is 5.21. The van der Waals surface area contributed by atoms with Gasteiger partial charge in [0, 0.05) is 11.8 Å². The smallest absolute Gasteiger partial charge is 0.150 e. The summed E-state index contributed by atoms with van der Waals surface area (Å²) < 4.78 is 27.3. The van der Waals surface area contributed by atoms with Gasteiger partial charge < -0.3 is 10.5 Å². The molecule has 5 heteroatoms. The highest BCUT2D eigenvalue weighted by Crippen LogP contribution is 2.16. The maximum atomic E-state index is 11.0. The molecule has 0 aliphatic carbocycles. The van der Waals surface area contributed by atoms with Gasteiger partial charge in [-0.1, -0.05) is 11.8 Å². The standard InChI is InChI=1S/C13H17NO3S/c1-11-10-13(17-8-9-18(2,15)16)6-5-12(11)4-3-7-14/h5-6,10H,7-9,14H2,1-2H3. The molecule has 0 radical (unpaired) electrons. The molecule has 98 valence electrons. The van der Waals surface area contributed by atoms with E-state index in [1.165, 1.54) is 6.26 Å². The zero-order chi connectivity index (χ0) is 13.6. The third-order valence-corrected chi connectivity index (χ3v) is 3.15. The number of hydrogen-bond acceptors (Lipinski definition) is 4. The first-order valence-corrected chi connectivity index (χ1v) is 7.58. The lowest BCUT2D eigenvalue weighted by Crippen LogP contribution is -2.12. The van der Waals surface area contributed by atoms with E-state index in [4.69, 9.17) is 10.5 Å². The second kappa shape index (κ2) is 6.43. The van der Waals surface area contributed by atoms with Crippen LogP contribution in [0.3, 0.4) is 0 Å². The summed E-state index contributed by atoms with van der Waals surface area (Å²) in [5.41, 5.74) is 7.19. The van der Waals surface area contributed by atoms with Crippen LogP contribution in [0, 0.1) is 18.8 Å². The maximum absolute atomic E-state index is 11.0. The van der Waals surface area contributed by atoms with Crippen molar-refractivity contribution in [2.75, 3.05) is 25.2 Å². The minimum atomic E-state index is -2.99. The molecular formula is C13H17NO3S. The van der Waals surface area contributed by atoms with E-state index in [1.807, 2.05) is 19.1 Å². The Hall–Kier alpha value is -1.51. The van der Waals surface area contributed by atoms with Crippen LogP contribution in [0.5, 0.6) is 5.75 Å². The van der Waals surface area contributed by atoms with E-state index in [-0.39, 0.29) is 12.4 Å². The molecule has 0 amide bonds. The lowest BCUT2D eigenvalue weighted by Gasteiger charge is -2.07. The van der Waals surface area contributed by atoms with Crippen LogP contribution in [-0.2, 0) is 9.84 Å². The number of rotatable bonds is 4. The molecule has 1 rings (SSSR count). The number of sulfone groups is 1. The Morgan fingerprint density at radius 2 is 2.11 bits per heavy atom. The van der Waals surface area contributed by atoms with Crippen LogP contribution in [0.2, 0.25) is 0 Å². The number of benzene rings is 1. The summed E-state index contributed by atoms with van der Waals surface area (Å²) in [7, 11) is -2.99. The Morgan fingerprint density at radius 1 is 1.39 bits per heavy atom. The van der Waals surface area contributed by atoms with Crippen LogP contribution < -0.4 is 10.5 Å². The molecule has 0 fully saturated rings. The molecule has 0 spiro atoms. The van der Waals surface area contributed by atoms with Gasteiger partial charge in [-0.3, -0.25) is 0 Å². The first kappa shape index (κ1) is 14.6. The summed E-state index contributed by atoms with van der Waals surface area (Å²) in [5.74, 6) is 6.40. The molecule has 0 saturated carbocycles. The van der Waals surface area contributed by atoms with Crippen molar-refractivity contribution >= 4 is 9.84 Å². The summed E-state index contributed by atoms with van der Waals surface area (Å²) in [5, 5.41) is 0. The van der Waals surface area contributed by atoms with E-state index in [1.54, 1.807) is 6.07 Å². The first-order chi connectivity index (χ1) is 8.42. The van der Waals surface area contributed by atoms with Crippen molar-refractivity contribution < 1.29 is 13.2 Å². The molecule has 0 unspecified atom stereocenters. The Labute approximate surface area is 108 Å². The van der Waals surface area contributed by atoms with Gasteiger partial charge in [0.15, 0.2) is 9.84 Å². The summed E-state index contributed by atoms with van der Waals surface area (Å²) in [4.78, 5) is 0. The zero-order valence-electron chi connectivity index (χ0n) is 10.6. The average molecular weight is 267 g/mol. The normalized spacial score (nSPS) is 10.6. The van der Waals surface area contributed by atoms with Crippen molar-refractivity contribution in [1.82, 2.24) is 0 Å². The fourth-order valence-electron chi connectivity index (χ4n) is 1.32. The number of nitrogens with two attached hydrogens (primary N) is 1. The minimum absolute atomic E-state index is 0.0147. The number of aryl methyl sites for hydroxylation is 1. The Balaban J connectivity index is 2.67. The average Bonchev–Trinajstić information content (AvgIpc) is 2.26. The molecule has 4 nitrogen and oxygen atoms in total. The molecule has 1 aromatic rings. The summed E-state index contributed by atoms with van der Waals surface area (Å²) in [6.45, 7) is 2.40. The lowest BCUT2D eigenvalue weighted by molar-refractivity contribution is 0.341. The molecule has 0 saturated heterocycles. The zero-order valence-corrected chi connectivity index (χ0v) is 11.4. The van der Waals surface area contributed by atoms with Crippen molar-refractivity contribution in [2.45, 2.75) is 6.92 Å². The SMILES string of the molecule is Cc1cc(OCCS(C)(=O)=O)ccc1C#CCN. The van der Waals surface area contributed by atoms with E-state index >= 15 is 0 Å². The molecule has 0 aliphatic rings. The molecule has 18 heavy (non-hydrogen) atoms. The fourth-order valence-corrected chi connectivity index (χ4v) is 1.71. The summed E-state index contributed by atoms with van der Waals surface area (Å²) in [6, 6.07) is 5.45. The van der Waals surface area contributed by atoms with Crippen LogP contribution in [0.1, 0.15) is 11.1 Å². The predicted octanol–water partition coefficient (Wildman–Crippen LogP) is 0.729. The minimum Gasteiger partial charge on any atom is -0.493 e. The van der Waals surface area contributed by atoms with Crippen LogP contribution >= 0.6 is 0 Å². The van der Waals surface area contributed by atoms with Crippen molar-refractivity contribution in [1.29, 1.82) is 0 Å². The highest BCUT2D eigenvalue weighted by Gasteiger charge is 2.03. The van der Waals surface area contributed by atoms with Crippen LogP contribution in [0.4, 0.5) is 0 Å². The van der Waals surface area contributed by atoms with E-state index in [0.717, 1.165) is 11.1 Å². The molecule has 0 aromatic heterocycles. The maximum Gasteiger partial charge on any atom is 0.150 e. The van der Waals surface area contributed by atoms with Gasteiger partial charge in [-0.25, -0.2) is 8.42 Å². The Kier molecular flexibility index (Phi) is 5.20. The van der Waals surface area contributed by atoms with Crippen LogP contribution in [-0.4, -0.2) is 33.6 Å². The van der Waals surface area contributed by atoms with Gasteiger partial charge in [0.05, 0.1) is 12.3 Å². The quantitative estimate of drug-likeness (QED) is 0.816. The Morgan fingerprint density at radius 3 is 2.67 bits per heavy atom. The van der Waals surface area contributed by atoms with Gasteiger partial charge >= 0.3 is 0 Å². The predicted molar refractivity (Wildman–Crippen MR) is 72.3 cm³/mol. The van der Waals surface area contributed by atoms with Crippen LogP contribution in [0.25, 0.3) is 0 Å².